The molecule has 0 radical (unpaired) electrons. The van der Waals surface area contributed by atoms with Crippen LogP contribution in [0.15, 0.2) is 84.9 Å². The largest absolute Gasteiger partial charge is 0.455 e. The van der Waals surface area contributed by atoms with E-state index in [9.17, 15) is 0 Å². The van der Waals surface area contributed by atoms with Gasteiger partial charge in [-0.1, -0.05) is 60.7 Å². The van der Waals surface area contributed by atoms with E-state index in [1.54, 1.807) is 0 Å². The van der Waals surface area contributed by atoms with Gasteiger partial charge in [0.2, 0.25) is 0 Å². The van der Waals surface area contributed by atoms with Crippen molar-refractivity contribution in [2.24, 2.45) is 0 Å². The van der Waals surface area contributed by atoms with E-state index < -0.39 is 0 Å². The van der Waals surface area contributed by atoms with Gasteiger partial charge in [0.05, 0.1) is 5.69 Å². The van der Waals surface area contributed by atoms with Gasteiger partial charge < -0.3 is 10.1 Å². The van der Waals surface area contributed by atoms with E-state index in [2.05, 4.69) is 17.4 Å². The number of para-hydroxylation sites is 3. The molecule has 1 N–H and O–H groups in total. The van der Waals surface area contributed by atoms with Crippen LogP contribution >= 0.6 is 0 Å². The van der Waals surface area contributed by atoms with Crippen LogP contribution in [0.25, 0.3) is 0 Å². The Labute approximate surface area is 125 Å². The van der Waals surface area contributed by atoms with Gasteiger partial charge in [-0.15, -0.1) is 0 Å². The Kier molecular flexibility index (Phi) is 4.18. The molecule has 0 fully saturated rings. The molecule has 3 aromatic rings. The third-order valence-corrected chi connectivity index (χ3v) is 3.18. The molecule has 0 saturated heterocycles. The van der Waals surface area contributed by atoms with Crippen LogP contribution in [-0.4, -0.2) is 0 Å². The lowest BCUT2D eigenvalue weighted by molar-refractivity contribution is 0.484. The fourth-order valence-corrected chi connectivity index (χ4v) is 2.11. The van der Waals surface area contributed by atoms with Crippen molar-refractivity contribution >= 4 is 5.69 Å². The van der Waals surface area contributed by atoms with E-state index in [4.69, 9.17) is 4.74 Å². The molecule has 0 saturated carbocycles. The predicted octanol–water partition coefficient (Wildman–Crippen LogP) is 5.09. The molecule has 3 rings (SSSR count). The Hall–Kier alpha value is -2.74. The number of anilines is 1. The van der Waals surface area contributed by atoms with Gasteiger partial charge in [-0.25, -0.2) is 0 Å². The Morgan fingerprint density at radius 3 is 2.05 bits per heavy atom. The van der Waals surface area contributed by atoms with Crippen LogP contribution in [0, 0.1) is 0 Å². The number of hydrogen-bond donors (Lipinski definition) is 1. The van der Waals surface area contributed by atoms with Crippen LogP contribution in [-0.2, 0) is 6.54 Å². The van der Waals surface area contributed by atoms with Crippen LogP contribution in [0.2, 0.25) is 0 Å². The van der Waals surface area contributed by atoms with Gasteiger partial charge in [-0.3, -0.25) is 0 Å². The Bertz CT molecular complexity index is 680. The highest BCUT2D eigenvalue weighted by atomic mass is 16.5. The molecule has 0 unspecified atom stereocenters. The highest BCUT2D eigenvalue weighted by Crippen LogP contribution is 2.29. The Morgan fingerprint density at radius 1 is 0.667 bits per heavy atom. The second-order valence-corrected chi connectivity index (χ2v) is 4.75. The average molecular weight is 275 g/mol. The molecule has 21 heavy (non-hydrogen) atoms. The van der Waals surface area contributed by atoms with Crippen molar-refractivity contribution in [1.82, 2.24) is 0 Å². The van der Waals surface area contributed by atoms with Gasteiger partial charge in [0.15, 0.2) is 5.75 Å². The molecule has 104 valence electrons. The topological polar surface area (TPSA) is 21.3 Å². The van der Waals surface area contributed by atoms with Gasteiger partial charge in [-0.05, 0) is 29.8 Å². The molecule has 0 aliphatic carbocycles. The number of benzene rings is 3. The van der Waals surface area contributed by atoms with E-state index in [0.29, 0.717) is 0 Å². The van der Waals surface area contributed by atoms with E-state index in [1.807, 2.05) is 72.8 Å². The minimum absolute atomic E-state index is 0.774. The third-order valence-electron chi connectivity index (χ3n) is 3.18. The lowest BCUT2D eigenvalue weighted by atomic mass is 10.2. The van der Waals surface area contributed by atoms with E-state index in [-0.39, 0.29) is 0 Å². The van der Waals surface area contributed by atoms with Gasteiger partial charge in [-0.2, -0.15) is 0 Å². The number of rotatable bonds is 5. The summed E-state index contributed by atoms with van der Waals surface area (Å²) in [4.78, 5) is 0. The Morgan fingerprint density at radius 2 is 1.29 bits per heavy atom. The lowest BCUT2D eigenvalue weighted by Gasteiger charge is -2.13. The molecule has 0 bridgehead atoms. The normalized spacial score (nSPS) is 10.1. The van der Waals surface area contributed by atoms with Crippen molar-refractivity contribution in [3.63, 3.8) is 0 Å². The minimum Gasteiger partial charge on any atom is -0.455 e. The summed E-state index contributed by atoms with van der Waals surface area (Å²) >= 11 is 0. The molecule has 0 aliphatic rings. The second-order valence-electron chi connectivity index (χ2n) is 4.75. The zero-order valence-electron chi connectivity index (χ0n) is 11.7. The monoisotopic (exact) mass is 275 g/mol. The highest BCUT2D eigenvalue weighted by molar-refractivity contribution is 5.57. The summed E-state index contributed by atoms with van der Waals surface area (Å²) < 4.78 is 5.94. The molecule has 0 amide bonds. The SMILES string of the molecule is c1ccc(CNc2ccccc2Oc2ccccc2)cc1. The molecule has 0 spiro atoms. The van der Waals surface area contributed by atoms with Gasteiger partial charge in [0.25, 0.3) is 0 Å². The van der Waals surface area contributed by atoms with Crippen molar-refractivity contribution in [1.29, 1.82) is 0 Å². The average Bonchev–Trinajstić information content (AvgIpc) is 2.56. The quantitative estimate of drug-likeness (QED) is 0.700. The van der Waals surface area contributed by atoms with E-state index in [0.717, 1.165) is 23.7 Å². The summed E-state index contributed by atoms with van der Waals surface area (Å²) in [5.74, 6) is 1.67. The molecular formula is C19H17NO. The minimum atomic E-state index is 0.774. The number of ether oxygens (including phenoxy) is 1. The maximum Gasteiger partial charge on any atom is 0.150 e. The first-order chi connectivity index (χ1) is 10.4. The molecule has 0 atom stereocenters. The van der Waals surface area contributed by atoms with Gasteiger partial charge in [0, 0.05) is 6.54 Å². The molecule has 0 aromatic heterocycles. The first-order valence-electron chi connectivity index (χ1n) is 7.01. The molecule has 0 heterocycles. The van der Waals surface area contributed by atoms with Crippen LogP contribution in [0.4, 0.5) is 5.69 Å². The molecular weight excluding hydrogens is 258 g/mol. The maximum atomic E-state index is 5.94. The summed E-state index contributed by atoms with van der Waals surface area (Å²) in [5, 5.41) is 3.42. The first kappa shape index (κ1) is 13.3. The Balaban J connectivity index is 1.73. The summed E-state index contributed by atoms with van der Waals surface area (Å²) in [7, 11) is 0. The standard InChI is InChI=1S/C19H17NO/c1-3-9-16(10-4-1)15-20-18-13-7-8-14-19(18)21-17-11-5-2-6-12-17/h1-14,20H,15H2. The lowest BCUT2D eigenvalue weighted by Crippen LogP contribution is -2.00. The van der Waals surface area contributed by atoms with Gasteiger partial charge in [0.1, 0.15) is 5.75 Å². The van der Waals surface area contributed by atoms with Crippen molar-refractivity contribution in [2.45, 2.75) is 6.54 Å². The summed E-state index contributed by atoms with van der Waals surface area (Å²) in [6, 6.07) is 28.1. The van der Waals surface area contributed by atoms with Crippen LogP contribution in [0.5, 0.6) is 11.5 Å². The molecule has 2 heteroatoms. The van der Waals surface area contributed by atoms with Gasteiger partial charge >= 0.3 is 0 Å². The van der Waals surface area contributed by atoms with Crippen molar-refractivity contribution < 1.29 is 4.74 Å². The number of nitrogens with one attached hydrogen (secondary N) is 1. The van der Waals surface area contributed by atoms with E-state index >= 15 is 0 Å². The molecule has 0 aliphatic heterocycles. The van der Waals surface area contributed by atoms with Crippen molar-refractivity contribution in [3.8, 4) is 11.5 Å². The van der Waals surface area contributed by atoms with Crippen LogP contribution < -0.4 is 10.1 Å². The fourth-order valence-electron chi connectivity index (χ4n) is 2.11. The summed E-state index contributed by atoms with van der Waals surface area (Å²) in [5.41, 5.74) is 2.23. The third kappa shape index (κ3) is 3.63. The van der Waals surface area contributed by atoms with Crippen molar-refractivity contribution in [2.75, 3.05) is 5.32 Å². The van der Waals surface area contributed by atoms with Crippen LogP contribution in [0.3, 0.4) is 0 Å². The zero-order chi connectivity index (χ0) is 14.3. The van der Waals surface area contributed by atoms with E-state index in [1.165, 1.54) is 5.56 Å². The predicted molar refractivity (Wildman–Crippen MR) is 86.7 cm³/mol. The smallest absolute Gasteiger partial charge is 0.150 e. The van der Waals surface area contributed by atoms with Crippen LogP contribution in [0.1, 0.15) is 5.56 Å². The van der Waals surface area contributed by atoms with Crippen molar-refractivity contribution in [3.05, 3.63) is 90.5 Å². The summed E-state index contributed by atoms with van der Waals surface area (Å²) in [6.07, 6.45) is 0. The zero-order valence-corrected chi connectivity index (χ0v) is 11.7. The first-order valence-corrected chi connectivity index (χ1v) is 7.01. The number of hydrogen-bond acceptors (Lipinski definition) is 2. The molecule has 3 aromatic carbocycles. The second kappa shape index (κ2) is 6.62. The molecule has 2 nitrogen and oxygen atoms in total. The highest BCUT2D eigenvalue weighted by Gasteiger charge is 2.03. The fraction of sp³-hybridized carbons (Fsp3) is 0.0526. The summed E-state index contributed by atoms with van der Waals surface area (Å²) in [6.45, 7) is 0.774. The maximum absolute atomic E-state index is 5.94.